The molecule has 14 heteroatoms. The minimum absolute atomic E-state index is 0.226. The number of thiocarbonyl (C=S) groups is 3. The molecular weight excluding hydrogens is 908 g/mol. The summed E-state index contributed by atoms with van der Waals surface area (Å²) >= 11 is 24.3. The number of carbonyl (C=O) groups excluding carboxylic acids is 2. The Morgan fingerprint density at radius 3 is 1.54 bits per heavy atom. The third kappa shape index (κ3) is 16.9. The second kappa shape index (κ2) is 23.4. The molecule has 0 radical (unpaired) electrons. The lowest BCUT2D eigenvalue weighted by Gasteiger charge is -2.12. The first-order valence-corrected chi connectivity index (χ1v) is 18.8. The van der Waals surface area contributed by atoms with Crippen molar-refractivity contribution in [3.05, 3.63) is 156 Å². The fourth-order valence-corrected chi connectivity index (χ4v) is 5.30. The number of halogens is 3. The Balaban J connectivity index is 0.000000253. The molecule has 0 spiro atoms. The fourth-order valence-electron chi connectivity index (χ4n) is 3.81. The SMILES string of the molecule is Cc1ccc(Br)cc1N.Cc1ccc(Br)cc1NC(=S)NC(=O)c1ccccc1.Cc1ccc(Br)cc1NC(N)=S.O=C(N=C=S)c1ccccc1. The van der Waals surface area contributed by atoms with Crippen LogP contribution in [0.3, 0.4) is 0 Å². The van der Waals surface area contributed by atoms with E-state index < -0.39 is 0 Å². The van der Waals surface area contributed by atoms with Crippen molar-refractivity contribution in [3.8, 4) is 0 Å². The Hall–Kier alpha value is -4.14. The van der Waals surface area contributed by atoms with Crippen LogP contribution in [0.15, 0.2) is 134 Å². The number of nitrogens with zero attached hydrogens (tertiary/aromatic N) is 1. The highest BCUT2D eigenvalue weighted by atomic mass is 79.9. The fraction of sp³-hybridized carbons (Fsp3) is 0.0789. The molecule has 268 valence electrons. The lowest BCUT2D eigenvalue weighted by molar-refractivity contribution is 0.0975. The minimum Gasteiger partial charge on any atom is -0.398 e. The van der Waals surface area contributed by atoms with Crippen LogP contribution in [0, 0.1) is 20.8 Å². The Morgan fingerprint density at radius 2 is 1.10 bits per heavy atom. The second-order valence-electron chi connectivity index (χ2n) is 10.6. The first kappa shape index (κ1) is 44.0. The molecule has 0 bridgehead atoms. The van der Waals surface area contributed by atoms with Crippen LogP contribution in [-0.4, -0.2) is 27.2 Å². The Morgan fingerprint density at radius 1 is 0.654 bits per heavy atom. The smallest absolute Gasteiger partial charge is 0.285 e. The lowest BCUT2D eigenvalue weighted by Crippen LogP contribution is -2.34. The first-order chi connectivity index (χ1) is 24.7. The van der Waals surface area contributed by atoms with Crippen molar-refractivity contribution in [1.29, 1.82) is 0 Å². The van der Waals surface area contributed by atoms with E-state index in [2.05, 4.69) is 81.0 Å². The number of benzene rings is 5. The van der Waals surface area contributed by atoms with Crippen molar-refractivity contribution < 1.29 is 9.59 Å². The number of carbonyl (C=O) groups is 2. The summed E-state index contributed by atoms with van der Waals surface area (Å²) in [6, 6.07) is 35.3. The molecule has 0 aliphatic heterocycles. The molecule has 0 aromatic heterocycles. The van der Waals surface area contributed by atoms with Crippen molar-refractivity contribution in [3.63, 3.8) is 0 Å². The van der Waals surface area contributed by atoms with E-state index in [9.17, 15) is 9.59 Å². The molecule has 5 aromatic carbocycles. The summed E-state index contributed by atoms with van der Waals surface area (Å²) < 4.78 is 2.99. The van der Waals surface area contributed by atoms with E-state index in [0.29, 0.717) is 11.1 Å². The zero-order valence-corrected chi connectivity index (χ0v) is 35.5. The number of hydrogen-bond acceptors (Lipinski definition) is 6. The Kier molecular flexibility index (Phi) is 19.8. The van der Waals surface area contributed by atoms with Crippen LogP contribution in [-0.2, 0) is 0 Å². The topological polar surface area (TPSA) is 135 Å². The van der Waals surface area contributed by atoms with Crippen LogP contribution in [0.2, 0.25) is 0 Å². The van der Waals surface area contributed by atoms with Crippen molar-refractivity contribution >= 4 is 129 Å². The molecule has 0 unspecified atom stereocenters. The van der Waals surface area contributed by atoms with E-state index >= 15 is 0 Å². The van der Waals surface area contributed by atoms with Gasteiger partial charge in [-0.1, -0.05) is 102 Å². The largest absolute Gasteiger partial charge is 0.398 e. The number of rotatable bonds is 4. The molecule has 7 N–H and O–H groups in total. The van der Waals surface area contributed by atoms with E-state index in [0.717, 1.165) is 47.2 Å². The maximum Gasteiger partial charge on any atom is 0.285 e. The summed E-state index contributed by atoms with van der Waals surface area (Å²) in [6.45, 7) is 5.95. The molecule has 0 aliphatic carbocycles. The monoisotopic (exact) mass is 940 g/mol. The first-order valence-electron chi connectivity index (χ1n) is 15.1. The summed E-state index contributed by atoms with van der Waals surface area (Å²) in [7, 11) is 0. The van der Waals surface area contributed by atoms with Gasteiger partial charge >= 0.3 is 0 Å². The Bertz CT molecular complexity index is 2050. The molecule has 0 aliphatic rings. The minimum atomic E-state index is -0.347. The van der Waals surface area contributed by atoms with Gasteiger partial charge in [-0.05, 0) is 135 Å². The van der Waals surface area contributed by atoms with Crippen molar-refractivity contribution in [2.75, 3.05) is 16.4 Å². The standard InChI is InChI=1S/C15H13BrN2OS.C8H9BrN2S.C8H5NOS.C7H8BrN/c1-10-7-8-12(16)9-13(10)17-15(20)18-14(19)11-5-3-2-4-6-11;1-5-2-3-6(9)4-7(5)11-8(10)12;10-8(9-6-11)7-4-2-1-3-5-7;1-5-2-3-6(8)4-7(5)9/h2-9H,1H3,(H2,17,18,19,20);2-4H,1H3,(H3,10,11,12);1-5H;2-4H,9H2,1H3. The summed E-state index contributed by atoms with van der Waals surface area (Å²) in [4.78, 5) is 26.2. The van der Waals surface area contributed by atoms with Crippen molar-refractivity contribution in [2.45, 2.75) is 20.8 Å². The van der Waals surface area contributed by atoms with Crippen LogP contribution >= 0.6 is 84.4 Å². The molecule has 0 atom stereocenters. The van der Waals surface area contributed by atoms with Gasteiger partial charge in [0.05, 0.1) is 5.16 Å². The molecule has 52 heavy (non-hydrogen) atoms. The normalized spacial score (nSPS) is 9.42. The van der Waals surface area contributed by atoms with Gasteiger partial charge in [0.25, 0.3) is 11.8 Å². The quantitative estimate of drug-likeness (QED) is 0.0678. The van der Waals surface area contributed by atoms with E-state index in [4.69, 9.17) is 35.9 Å². The number of amides is 2. The van der Waals surface area contributed by atoms with Gasteiger partial charge in [-0.15, -0.1) is 0 Å². The molecule has 5 aromatic rings. The third-order valence-corrected chi connectivity index (χ3v) is 8.45. The van der Waals surface area contributed by atoms with Gasteiger partial charge in [0, 0.05) is 41.6 Å². The highest BCUT2D eigenvalue weighted by Gasteiger charge is 2.08. The summed E-state index contributed by atoms with van der Waals surface area (Å²) in [5, 5.41) is 11.2. The predicted octanol–water partition coefficient (Wildman–Crippen LogP) is 10.6. The average molecular weight is 944 g/mol. The van der Waals surface area contributed by atoms with Gasteiger partial charge in [0.15, 0.2) is 10.2 Å². The van der Waals surface area contributed by atoms with E-state index in [1.54, 1.807) is 36.4 Å². The summed E-state index contributed by atoms with van der Waals surface area (Å²) in [5.41, 5.74) is 18.0. The molecule has 8 nitrogen and oxygen atoms in total. The molecule has 5 rings (SSSR count). The second-order valence-corrected chi connectivity index (χ2v) is 14.3. The van der Waals surface area contributed by atoms with Crippen molar-refractivity contribution in [2.24, 2.45) is 10.7 Å². The molecule has 0 fully saturated rings. The highest BCUT2D eigenvalue weighted by Crippen LogP contribution is 2.21. The summed E-state index contributed by atoms with van der Waals surface area (Å²) in [6.07, 6.45) is 0. The number of nitrogens with one attached hydrogen (secondary N) is 3. The lowest BCUT2D eigenvalue weighted by atomic mass is 10.2. The van der Waals surface area contributed by atoms with E-state index in [1.165, 1.54) is 0 Å². The van der Waals surface area contributed by atoms with Gasteiger partial charge in [0.2, 0.25) is 0 Å². The van der Waals surface area contributed by atoms with Crippen LogP contribution in [0.4, 0.5) is 17.1 Å². The number of hydrogen-bond donors (Lipinski definition) is 5. The molecule has 0 saturated heterocycles. The van der Waals surface area contributed by atoms with Crippen LogP contribution in [0.25, 0.3) is 0 Å². The molecule has 2 amide bonds. The van der Waals surface area contributed by atoms with E-state index in [1.807, 2.05) is 105 Å². The van der Waals surface area contributed by atoms with Crippen LogP contribution in [0.1, 0.15) is 37.4 Å². The molecule has 0 saturated carbocycles. The number of isothiocyanates is 1. The van der Waals surface area contributed by atoms with Gasteiger partial charge in [-0.2, -0.15) is 4.99 Å². The maximum absolute atomic E-state index is 11.9. The Labute approximate surface area is 345 Å². The average Bonchev–Trinajstić information content (AvgIpc) is 3.11. The number of anilines is 3. The summed E-state index contributed by atoms with van der Waals surface area (Å²) in [5.74, 6) is -0.573. The van der Waals surface area contributed by atoms with E-state index in [-0.39, 0.29) is 22.0 Å². The zero-order valence-electron chi connectivity index (χ0n) is 28.2. The van der Waals surface area contributed by atoms with Gasteiger partial charge in [-0.3, -0.25) is 14.9 Å². The van der Waals surface area contributed by atoms with Crippen LogP contribution < -0.4 is 27.4 Å². The number of nitrogen functional groups attached to an aromatic ring is 1. The highest BCUT2D eigenvalue weighted by molar-refractivity contribution is 9.11. The molecule has 0 heterocycles. The molecular formula is C38H35Br3N6O2S3. The maximum atomic E-state index is 11.9. The predicted molar refractivity (Wildman–Crippen MR) is 237 cm³/mol. The van der Waals surface area contributed by atoms with Crippen LogP contribution in [0.5, 0.6) is 0 Å². The number of nitrogens with two attached hydrogens (primary N) is 2. The zero-order chi connectivity index (χ0) is 38.6. The van der Waals surface area contributed by atoms with Gasteiger partial charge in [0.1, 0.15) is 0 Å². The third-order valence-electron chi connectivity index (χ3n) is 6.58. The van der Waals surface area contributed by atoms with Gasteiger partial charge in [-0.25, -0.2) is 0 Å². The number of aliphatic imine (C=N–C) groups is 1. The van der Waals surface area contributed by atoms with Gasteiger partial charge < -0.3 is 22.1 Å². The van der Waals surface area contributed by atoms with Crippen molar-refractivity contribution in [1.82, 2.24) is 5.32 Å². The number of aryl methyl sites for hydroxylation is 3.